The van der Waals surface area contributed by atoms with Crippen LogP contribution in [0.5, 0.6) is 0 Å². The van der Waals surface area contributed by atoms with Crippen LogP contribution < -0.4 is 0 Å². The average Bonchev–Trinajstić information content (AvgIpc) is 3.18. The molecule has 2 aromatic heterocycles. The van der Waals surface area contributed by atoms with Crippen molar-refractivity contribution in [1.82, 2.24) is 19.5 Å². The summed E-state index contributed by atoms with van der Waals surface area (Å²) in [5.41, 5.74) is 1.38. The van der Waals surface area contributed by atoms with Gasteiger partial charge in [-0.15, -0.1) is 11.8 Å². The zero-order valence-electron chi connectivity index (χ0n) is 13.8. The first-order valence-electron chi connectivity index (χ1n) is 8.45. The van der Waals surface area contributed by atoms with Crippen molar-refractivity contribution in [3.8, 4) is 0 Å². The second-order valence-corrected chi connectivity index (χ2v) is 7.06. The molecule has 1 fully saturated rings. The molecule has 0 spiro atoms. The highest BCUT2D eigenvalue weighted by atomic mass is 32.2. The predicted molar refractivity (Wildman–Crippen MR) is 90.7 cm³/mol. The lowest BCUT2D eigenvalue weighted by atomic mass is 10.2. The highest BCUT2D eigenvalue weighted by molar-refractivity contribution is 7.99. The molecule has 1 N–H and O–H groups in total. The van der Waals surface area contributed by atoms with Gasteiger partial charge in [0.2, 0.25) is 0 Å². The summed E-state index contributed by atoms with van der Waals surface area (Å²) in [5.74, 6) is 0.998. The molecule has 3 heterocycles. The highest BCUT2D eigenvalue weighted by Crippen LogP contribution is 2.33. The number of ether oxygens (including phenoxy) is 1. The van der Waals surface area contributed by atoms with E-state index >= 15 is 0 Å². The van der Waals surface area contributed by atoms with Gasteiger partial charge in [0.15, 0.2) is 5.65 Å². The first kappa shape index (κ1) is 17.6. The summed E-state index contributed by atoms with van der Waals surface area (Å²) in [6, 6.07) is 0. The summed E-state index contributed by atoms with van der Waals surface area (Å²) in [4.78, 5) is 13.0. The lowest BCUT2D eigenvalue weighted by Gasteiger charge is -2.13. The molecule has 0 unspecified atom stereocenters. The van der Waals surface area contributed by atoms with Crippen LogP contribution in [-0.4, -0.2) is 49.3 Å². The molecule has 0 radical (unpaired) electrons. The van der Waals surface area contributed by atoms with Crippen LogP contribution in [0.15, 0.2) is 17.7 Å². The minimum absolute atomic E-state index is 0.195. The molecule has 132 valence electrons. The second kappa shape index (κ2) is 8.22. The van der Waals surface area contributed by atoms with Crippen LogP contribution >= 0.6 is 11.8 Å². The van der Waals surface area contributed by atoms with Gasteiger partial charge in [0, 0.05) is 6.42 Å². The summed E-state index contributed by atoms with van der Waals surface area (Å²) >= 11 is 1.68. The van der Waals surface area contributed by atoms with E-state index in [0.29, 0.717) is 5.65 Å². The molecule has 24 heavy (non-hydrogen) atoms. The van der Waals surface area contributed by atoms with Crippen LogP contribution in [0.1, 0.15) is 45.3 Å². The molecule has 6 nitrogen and oxygen atoms in total. The molecule has 0 amide bonds. The topological polar surface area (TPSA) is 73.1 Å². The van der Waals surface area contributed by atoms with E-state index in [9.17, 15) is 4.39 Å². The van der Waals surface area contributed by atoms with Crippen LogP contribution in [-0.2, 0) is 4.74 Å². The monoisotopic (exact) mass is 354 g/mol. The van der Waals surface area contributed by atoms with Crippen LogP contribution in [0, 0.1) is 0 Å². The Morgan fingerprint density at radius 1 is 1.33 bits per heavy atom. The zero-order valence-corrected chi connectivity index (χ0v) is 14.6. The third kappa shape index (κ3) is 3.70. The minimum Gasteiger partial charge on any atom is -0.394 e. The van der Waals surface area contributed by atoms with Crippen molar-refractivity contribution in [3.05, 3.63) is 12.7 Å². The van der Waals surface area contributed by atoms with Gasteiger partial charge in [-0.25, -0.2) is 19.3 Å². The first-order valence-corrected chi connectivity index (χ1v) is 9.43. The molecule has 3 rings (SSSR count). The number of halogens is 1. The number of aromatic nitrogens is 4. The SMILES string of the molecule is CCCCCCSc1ncnc2c1ncn2[C@H]1C[C@H](F)[C@@H](CO)O1. The van der Waals surface area contributed by atoms with E-state index in [0.717, 1.165) is 22.7 Å². The summed E-state index contributed by atoms with van der Waals surface area (Å²) < 4.78 is 21.1. The van der Waals surface area contributed by atoms with Crippen molar-refractivity contribution in [2.75, 3.05) is 12.4 Å². The highest BCUT2D eigenvalue weighted by Gasteiger charge is 2.36. The summed E-state index contributed by atoms with van der Waals surface area (Å²) in [6.07, 6.45) is 5.74. The number of aliphatic hydroxyl groups excluding tert-OH is 1. The van der Waals surface area contributed by atoms with Crippen LogP contribution in [0.4, 0.5) is 4.39 Å². The molecular formula is C16H23FN4O2S. The third-order valence-corrected chi connectivity index (χ3v) is 5.28. The molecule has 8 heteroatoms. The van der Waals surface area contributed by atoms with Crippen LogP contribution in [0.2, 0.25) is 0 Å². The molecule has 0 aromatic carbocycles. The molecule has 0 saturated carbocycles. The van der Waals surface area contributed by atoms with Gasteiger partial charge in [0.25, 0.3) is 0 Å². The minimum atomic E-state index is -1.17. The Kier molecular flexibility index (Phi) is 6.02. The van der Waals surface area contributed by atoms with E-state index < -0.39 is 18.5 Å². The fourth-order valence-electron chi connectivity index (χ4n) is 2.87. The van der Waals surface area contributed by atoms with Crippen molar-refractivity contribution >= 4 is 22.9 Å². The summed E-state index contributed by atoms with van der Waals surface area (Å²) in [7, 11) is 0. The lowest BCUT2D eigenvalue weighted by Crippen LogP contribution is -2.21. The number of unbranched alkanes of at least 4 members (excludes halogenated alkanes) is 3. The van der Waals surface area contributed by atoms with E-state index in [1.807, 2.05) is 0 Å². The predicted octanol–water partition coefficient (Wildman–Crippen LogP) is 3.12. The standard InChI is InChI=1S/C16H23FN4O2S/c1-2-3-4-5-6-24-16-14-15(18-9-19-16)21(10-20-14)13-7-11(17)12(8-22)23-13/h9-13,22H,2-8H2,1H3/t11-,12+,13+/m0/s1. The Balaban J connectivity index is 1.72. The molecule has 3 atom stereocenters. The van der Waals surface area contributed by atoms with Crippen molar-refractivity contribution in [1.29, 1.82) is 0 Å². The Hall–Kier alpha value is -1.25. The first-order chi connectivity index (χ1) is 11.7. The summed E-state index contributed by atoms with van der Waals surface area (Å²) in [5, 5.41) is 10.00. The maximum absolute atomic E-state index is 13.8. The van der Waals surface area contributed by atoms with Crippen LogP contribution in [0.25, 0.3) is 11.2 Å². The molecule has 2 aromatic rings. The molecule has 1 saturated heterocycles. The maximum Gasteiger partial charge on any atom is 0.166 e. The van der Waals surface area contributed by atoms with Gasteiger partial charge in [0.1, 0.15) is 35.4 Å². The van der Waals surface area contributed by atoms with Crippen LogP contribution in [0.3, 0.4) is 0 Å². The van der Waals surface area contributed by atoms with E-state index in [1.54, 1.807) is 22.7 Å². The number of imidazole rings is 1. The van der Waals surface area contributed by atoms with Gasteiger partial charge in [-0.1, -0.05) is 26.2 Å². The van der Waals surface area contributed by atoms with Crippen molar-refractivity contribution in [2.24, 2.45) is 0 Å². The van der Waals surface area contributed by atoms with E-state index in [4.69, 9.17) is 9.84 Å². The number of hydrogen-bond donors (Lipinski definition) is 1. The number of fused-ring (bicyclic) bond motifs is 1. The maximum atomic E-state index is 13.8. The third-order valence-electron chi connectivity index (χ3n) is 4.21. The fraction of sp³-hybridized carbons (Fsp3) is 0.688. The molecule has 1 aliphatic heterocycles. The average molecular weight is 354 g/mol. The van der Waals surface area contributed by atoms with Crippen molar-refractivity contribution < 1.29 is 14.2 Å². The fourth-order valence-corrected chi connectivity index (χ4v) is 3.81. The van der Waals surface area contributed by atoms with Gasteiger partial charge >= 0.3 is 0 Å². The van der Waals surface area contributed by atoms with Gasteiger partial charge < -0.3 is 9.84 Å². The number of thioether (sulfide) groups is 1. The molecular weight excluding hydrogens is 331 g/mol. The van der Waals surface area contributed by atoms with Crippen molar-refractivity contribution in [2.45, 2.75) is 62.6 Å². The van der Waals surface area contributed by atoms with E-state index in [2.05, 4.69) is 21.9 Å². The number of rotatable bonds is 8. The van der Waals surface area contributed by atoms with Crippen molar-refractivity contribution in [3.63, 3.8) is 0 Å². The Bertz CT molecular complexity index is 669. The molecule has 0 aliphatic carbocycles. The largest absolute Gasteiger partial charge is 0.394 e. The van der Waals surface area contributed by atoms with Gasteiger partial charge in [-0.3, -0.25) is 4.57 Å². The number of alkyl halides is 1. The summed E-state index contributed by atoms with van der Waals surface area (Å²) in [6.45, 7) is 1.88. The Morgan fingerprint density at radius 3 is 2.96 bits per heavy atom. The van der Waals surface area contributed by atoms with E-state index in [-0.39, 0.29) is 13.0 Å². The quantitative estimate of drug-likeness (QED) is 0.446. The number of aliphatic hydroxyl groups is 1. The van der Waals surface area contributed by atoms with Gasteiger partial charge in [-0.2, -0.15) is 0 Å². The smallest absolute Gasteiger partial charge is 0.166 e. The molecule has 0 bridgehead atoms. The number of nitrogens with zero attached hydrogens (tertiary/aromatic N) is 4. The Labute approximate surface area is 144 Å². The normalized spacial score (nSPS) is 24.0. The number of hydrogen-bond acceptors (Lipinski definition) is 6. The Morgan fingerprint density at radius 2 is 2.21 bits per heavy atom. The zero-order chi connectivity index (χ0) is 16.9. The van der Waals surface area contributed by atoms with Gasteiger partial charge in [-0.05, 0) is 12.2 Å². The lowest BCUT2D eigenvalue weighted by molar-refractivity contribution is -0.0323. The van der Waals surface area contributed by atoms with E-state index in [1.165, 1.54) is 25.6 Å². The van der Waals surface area contributed by atoms with Gasteiger partial charge in [0.05, 0.1) is 12.9 Å². The molecule has 1 aliphatic rings. The second-order valence-electron chi connectivity index (χ2n) is 5.98.